The molecule has 1 amide bonds. The van der Waals surface area contributed by atoms with Gasteiger partial charge in [-0.15, -0.1) is 11.3 Å². The van der Waals surface area contributed by atoms with Crippen LogP contribution in [0.1, 0.15) is 9.67 Å². The lowest BCUT2D eigenvalue weighted by Gasteiger charge is -2.01. The van der Waals surface area contributed by atoms with Gasteiger partial charge in [-0.1, -0.05) is 0 Å². The van der Waals surface area contributed by atoms with Crippen LogP contribution >= 0.6 is 11.3 Å². The molecule has 0 unspecified atom stereocenters. The summed E-state index contributed by atoms with van der Waals surface area (Å²) in [4.78, 5) is 16.7. The zero-order valence-electron chi connectivity index (χ0n) is 9.96. The van der Waals surface area contributed by atoms with E-state index in [2.05, 4.69) is 10.3 Å². The molecule has 0 spiro atoms. The van der Waals surface area contributed by atoms with Gasteiger partial charge in [0.2, 0.25) is 0 Å². The Balaban J connectivity index is 1.89. The highest BCUT2D eigenvalue weighted by atomic mass is 32.1. The van der Waals surface area contributed by atoms with Crippen LogP contribution in [0, 0.1) is 0 Å². The first kappa shape index (κ1) is 11.7. The van der Waals surface area contributed by atoms with Gasteiger partial charge in [-0.2, -0.15) is 0 Å². The van der Waals surface area contributed by atoms with Crippen LogP contribution in [-0.2, 0) is 0 Å². The van der Waals surface area contributed by atoms with Crippen molar-refractivity contribution in [3.05, 3.63) is 53.7 Å². The molecule has 2 aromatic heterocycles. The Bertz CT molecular complexity index is 737. The van der Waals surface area contributed by atoms with Crippen LogP contribution < -0.4 is 11.1 Å². The first-order chi connectivity index (χ1) is 9.22. The van der Waals surface area contributed by atoms with Crippen molar-refractivity contribution in [1.82, 2.24) is 4.98 Å². The second-order valence-corrected chi connectivity index (χ2v) is 5.18. The SMILES string of the molecule is Nc1ccc2sc(C(=O)Nc3ccncc3)cc2c1. The van der Waals surface area contributed by atoms with Crippen molar-refractivity contribution in [2.75, 3.05) is 11.1 Å². The van der Waals surface area contributed by atoms with E-state index in [0.717, 1.165) is 15.8 Å². The number of nitrogen functional groups attached to an aromatic ring is 1. The monoisotopic (exact) mass is 269 g/mol. The molecule has 1 aromatic carbocycles. The number of carbonyl (C=O) groups is 1. The van der Waals surface area contributed by atoms with Crippen LogP contribution in [0.4, 0.5) is 11.4 Å². The molecular formula is C14H11N3OS. The maximum absolute atomic E-state index is 12.1. The molecule has 0 fully saturated rings. The number of nitrogens with one attached hydrogen (secondary N) is 1. The summed E-state index contributed by atoms with van der Waals surface area (Å²) >= 11 is 1.45. The van der Waals surface area contributed by atoms with Gasteiger partial charge in [-0.3, -0.25) is 9.78 Å². The quantitative estimate of drug-likeness (QED) is 0.702. The molecule has 19 heavy (non-hydrogen) atoms. The van der Waals surface area contributed by atoms with E-state index in [1.165, 1.54) is 11.3 Å². The average molecular weight is 269 g/mol. The molecule has 3 aromatic rings. The molecule has 0 aliphatic carbocycles. The third-order valence-corrected chi connectivity index (χ3v) is 3.82. The largest absolute Gasteiger partial charge is 0.399 e. The van der Waals surface area contributed by atoms with Crippen molar-refractivity contribution in [1.29, 1.82) is 0 Å². The fraction of sp³-hybridized carbons (Fsp3) is 0. The third kappa shape index (κ3) is 2.41. The number of amides is 1. The number of rotatable bonds is 2. The topological polar surface area (TPSA) is 68.0 Å². The second-order valence-electron chi connectivity index (χ2n) is 4.10. The average Bonchev–Trinajstić information content (AvgIpc) is 2.83. The lowest BCUT2D eigenvalue weighted by molar-refractivity contribution is 0.103. The van der Waals surface area contributed by atoms with Gasteiger partial charge in [0.1, 0.15) is 0 Å². The van der Waals surface area contributed by atoms with Crippen molar-refractivity contribution in [3.63, 3.8) is 0 Å². The maximum Gasteiger partial charge on any atom is 0.265 e. The van der Waals surface area contributed by atoms with Crippen molar-refractivity contribution < 1.29 is 4.79 Å². The van der Waals surface area contributed by atoms with Crippen LogP contribution in [0.25, 0.3) is 10.1 Å². The molecule has 94 valence electrons. The number of hydrogen-bond donors (Lipinski definition) is 2. The summed E-state index contributed by atoms with van der Waals surface area (Å²) < 4.78 is 1.05. The third-order valence-electron chi connectivity index (χ3n) is 2.70. The van der Waals surface area contributed by atoms with Gasteiger partial charge in [-0.25, -0.2) is 0 Å². The van der Waals surface area contributed by atoms with E-state index >= 15 is 0 Å². The minimum atomic E-state index is -0.119. The number of hydrogen-bond acceptors (Lipinski definition) is 4. The number of benzene rings is 1. The molecule has 0 aliphatic rings. The normalized spacial score (nSPS) is 10.5. The lowest BCUT2D eigenvalue weighted by atomic mass is 10.2. The molecule has 0 radical (unpaired) electrons. The van der Waals surface area contributed by atoms with E-state index in [9.17, 15) is 4.79 Å². The van der Waals surface area contributed by atoms with Crippen molar-refractivity contribution in [3.8, 4) is 0 Å². The Labute approximate surface area is 113 Å². The van der Waals surface area contributed by atoms with Crippen molar-refractivity contribution in [2.24, 2.45) is 0 Å². The maximum atomic E-state index is 12.1. The van der Waals surface area contributed by atoms with Crippen molar-refractivity contribution in [2.45, 2.75) is 0 Å². The molecule has 3 N–H and O–H groups in total. The highest BCUT2D eigenvalue weighted by Crippen LogP contribution is 2.27. The predicted molar refractivity (Wildman–Crippen MR) is 78.4 cm³/mol. The molecule has 0 bridgehead atoms. The van der Waals surface area contributed by atoms with Crippen LogP contribution in [0.15, 0.2) is 48.8 Å². The first-order valence-electron chi connectivity index (χ1n) is 5.73. The van der Waals surface area contributed by atoms with Crippen LogP contribution in [0.5, 0.6) is 0 Å². The predicted octanol–water partition coefficient (Wildman–Crippen LogP) is 3.13. The second kappa shape index (κ2) is 4.70. The van der Waals surface area contributed by atoms with Gasteiger partial charge in [0.15, 0.2) is 0 Å². The summed E-state index contributed by atoms with van der Waals surface area (Å²) in [6, 6.07) is 11.0. The molecular weight excluding hydrogens is 258 g/mol. The Hall–Kier alpha value is -2.40. The van der Waals surface area contributed by atoms with Gasteiger partial charge in [0, 0.05) is 28.5 Å². The summed E-state index contributed by atoms with van der Waals surface area (Å²) in [7, 11) is 0. The Kier molecular flexibility index (Phi) is 2.89. The molecule has 0 saturated heterocycles. The molecule has 5 heteroatoms. The molecule has 0 atom stereocenters. The summed E-state index contributed by atoms with van der Waals surface area (Å²) in [6.45, 7) is 0. The fourth-order valence-electron chi connectivity index (χ4n) is 1.80. The standard InChI is InChI=1S/C14H11N3OS/c15-10-1-2-12-9(7-10)8-13(19-12)14(18)17-11-3-5-16-6-4-11/h1-8H,15H2,(H,16,17,18). The Morgan fingerprint density at radius 3 is 2.74 bits per heavy atom. The highest BCUT2D eigenvalue weighted by molar-refractivity contribution is 7.20. The van der Waals surface area contributed by atoms with Gasteiger partial charge in [0.05, 0.1) is 4.88 Å². The summed E-state index contributed by atoms with van der Waals surface area (Å²) in [6.07, 6.45) is 3.28. The van der Waals surface area contributed by atoms with E-state index in [4.69, 9.17) is 5.73 Å². The number of fused-ring (bicyclic) bond motifs is 1. The Morgan fingerprint density at radius 2 is 1.95 bits per heavy atom. The molecule has 0 saturated carbocycles. The van der Waals surface area contributed by atoms with Crippen LogP contribution in [-0.4, -0.2) is 10.9 Å². The highest BCUT2D eigenvalue weighted by Gasteiger charge is 2.10. The smallest absolute Gasteiger partial charge is 0.265 e. The lowest BCUT2D eigenvalue weighted by Crippen LogP contribution is -2.09. The van der Waals surface area contributed by atoms with Gasteiger partial charge >= 0.3 is 0 Å². The summed E-state index contributed by atoms with van der Waals surface area (Å²) in [5.41, 5.74) is 7.16. The zero-order valence-corrected chi connectivity index (χ0v) is 10.8. The Morgan fingerprint density at radius 1 is 1.16 bits per heavy atom. The number of anilines is 2. The number of pyridine rings is 1. The summed E-state index contributed by atoms with van der Waals surface area (Å²) in [5.74, 6) is -0.119. The number of nitrogens with zero attached hydrogens (tertiary/aromatic N) is 1. The number of thiophene rings is 1. The number of carbonyl (C=O) groups excluding carboxylic acids is 1. The number of aromatic nitrogens is 1. The molecule has 2 heterocycles. The molecule has 0 aliphatic heterocycles. The van der Waals surface area contributed by atoms with E-state index in [-0.39, 0.29) is 5.91 Å². The van der Waals surface area contributed by atoms with Crippen LogP contribution in [0.2, 0.25) is 0 Å². The van der Waals surface area contributed by atoms with E-state index < -0.39 is 0 Å². The minimum Gasteiger partial charge on any atom is -0.399 e. The van der Waals surface area contributed by atoms with E-state index in [1.807, 2.05) is 24.3 Å². The minimum absolute atomic E-state index is 0.119. The fourth-order valence-corrected chi connectivity index (χ4v) is 2.74. The van der Waals surface area contributed by atoms with Crippen molar-refractivity contribution >= 4 is 38.7 Å². The van der Waals surface area contributed by atoms with Gasteiger partial charge in [0.25, 0.3) is 5.91 Å². The van der Waals surface area contributed by atoms with E-state index in [1.54, 1.807) is 24.5 Å². The van der Waals surface area contributed by atoms with E-state index in [0.29, 0.717) is 10.6 Å². The van der Waals surface area contributed by atoms with Crippen LogP contribution in [0.3, 0.4) is 0 Å². The first-order valence-corrected chi connectivity index (χ1v) is 6.54. The van der Waals surface area contributed by atoms with Gasteiger partial charge in [-0.05, 0) is 41.8 Å². The number of nitrogens with two attached hydrogens (primary N) is 1. The molecule has 4 nitrogen and oxygen atoms in total. The summed E-state index contributed by atoms with van der Waals surface area (Å²) in [5, 5.41) is 3.82. The van der Waals surface area contributed by atoms with Gasteiger partial charge < -0.3 is 11.1 Å². The zero-order chi connectivity index (χ0) is 13.2. The molecule has 3 rings (SSSR count).